The van der Waals surface area contributed by atoms with E-state index in [1.165, 1.54) is 12.1 Å². The van der Waals surface area contributed by atoms with Crippen molar-refractivity contribution < 1.29 is 17.9 Å². The van der Waals surface area contributed by atoms with Crippen molar-refractivity contribution in [2.75, 3.05) is 6.54 Å². The summed E-state index contributed by atoms with van der Waals surface area (Å²) in [7, 11) is 0. The lowest BCUT2D eigenvalue weighted by Gasteiger charge is -2.22. The third kappa shape index (κ3) is 6.38. The molecule has 0 bridgehead atoms. The van der Waals surface area contributed by atoms with Gasteiger partial charge in [0, 0.05) is 0 Å². The van der Waals surface area contributed by atoms with Crippen molar-refractivity contribution in [1.82, 2.24) is 0 Å². The summed E-state index contributed by atoms with van der Waals surface area (Å²) >= 11 is 0. The van der Waals surface area contributed by atoms with Crippen LogP contribution < -0.4 is 10.5 Å². The molecular weight excluding hydrogens is 279 g/mol. The van der Waals surface area contributed by atoms with Gasteiger partial charge >= 0.3 is 6.36 Å². The summed E-state index contributed by atoms with van der Waals surface area (Å²) in [4.78, 5) is 0. The quantitative estimate of drug-likeness (QED) is 0.874. The van der Waals surface area contributed by atoms with E-state index in [-0.39, 0.29) is 11.2 Å². The van der Waals surface area contributed by atoms with Gasteiger partial charge in [-0.05, 0) is 54.0 Å². The minimum atomic E-state index is -4.67. The van der Waals surface area contributed by atoms with Crippen molar-refractivity contribution in [3.05, 3.63) is 29.3 Å². The molecule has 5 heteroatoms. The Balaban J connectivity index is 3.04. The smallest absolute Gasteiger partial charge is 0.406 e. The first-order valence-electron chi connectivity index (χ1n) is 7.11. The first kappa shape index (κ1) is 17.8. The Labute approximate surface area is 124 Å². The van der Waals surface area contributed by atoms with Crippen molar-refractivity contribution in [2.45, 2.75) is 52.3 Å². The van der Waals surface area contributed by atoms with E-state index in [0.717, 1.165) is 17.5 Å². The molecule has 1 aromatic carbocycles. The molecule has 0 fully saturated rings. The van der Waals surface area contributed by atoms with Gasteiger partial charge in [0.25, 0.3) is 0 Å². The van der Waals surface area contributed by atoms with Gasteiger partial charge in [0.05, 0.1) is 0 Å². The molecule has 0 aromatic heterocycles. The van der Waals surface area contributed by atoms with Crippen LogP contribution in [0.15, 0.2) is 18.2 Å². The molecule has 0 unspecified atom stereocenters. The second kappa shape index (κ2) is 6.69. The van der Waals surface area contributed by atoms with Crippen LogP contribution in [0.1, 0.15) is 45.2 Å². The van der Waals surface area contributed by atoms with Crippen LogP contribution in [0.4, 0.5) is 13.2 Å². The predicted molar refractivity (Wildman–Crippen MR) is 78.4 cm³/mol. The lowest BCUT2D eigenvalue weighted by atomic mass is 9.85. The maximum atomic E-state index is 12.4. The molecule has 120 valence electrons. The van der Waals surface area contributed by atoms with Crippen LogP contribution in [0.3, 0.4) is 0 Å². The number of hydrogen-bond acceptors (Lipinski definition) is 2. The van der Waals surface area contributed by atoms with Gasteiger partial charge < -0.3 is 10.5 Å². The highest BCUT2D eigenvalue weighted by atomic mass is 19.4. The molecule has 0 aliphatic rings. The second-order valence-electron chi connectivity index (χ2n) is 6.54. The van der Waals surface area contributed by atoms with Gasteiger partial charge in [0.1, 0.15) is 5.75 Å². The Bertz CT molecular complexity index is 464. The van der Waals surface area contributed by atoms with Crippen molar-refractivity contribution in [3.8, 4) is 5.75 Å². The van der Waals surface area contributed by atoms with Gasteiger partial charge in [-0.3, -0.25) is 0 Å². The zero-order chi connectivity index (χ0) is 16.3. The maximum Gasteiger partial charge on any atom is 0.573 e. The Morgan fingerprint density at radius 3 is 2.24 bits per heavy atom. The predicted octanol–water partition coefficient (Wildman–Crippen LogP) is 4.41. The normalized spacial score (nSPS) is 14.1. The van der Waals surface area contributed by atoms with Crippen LogP contribution in [0.25, 0.3) is 0 Å². The minimum Gasteiger partial charge on any atom is -0.406 e. The number of aryl methyl sites for hydroxylation is 1. The van der Waals surface area contributed by atoms with Gasteiger partial charge in [-0.2, -0.15) is 0 Å². The maximum absolute atomic E-state index is 12.4. The standard InChI is InChI=1S/C16H24F3NO/c1-11(10-20)5-6-12-7-13(15(2,3)4)9-14(8-12)21-16(17,18)19/h7-9,11H,5-6,10,20H2,1-4H3/t11-/m0/s1. The molecule has 1 atom stereocenters. The van der Waals surface area contributed by atoms with E-state index in [2.05, 4.69) is 4.74 Å². The summed E-state index contributed by atoms with van der Waals surface area (Å²) in [5.41, 5.74) is 7.02. The van der Waals surface area contributed by atoms with Crippen LogP contribution in [-0.4, -0.2) is 12.9 Å². The summed E-state index contributed by atoms with van der Waals surface area (Å²) < 4.78 is 41.4. The molecule has 0 aliphatic heterocycles. The van der Waals surface area contributed by atoms with Crippen LogP contribution in [-0.2, 0) is 11.8 Å². The fraction of sp³-hybridized carbons (Fsp3) is 0.625. The highest BCUT2D eigenvalue weighted by molar-refractivity contribution is 5.38. The molecule has 0 heterocycles. The van der Waals surface area contributed by atoms with Gasteiger partial charge in [-0.15, -0.1) is 13.2 Å². The van der Waals surface area contributed by atoms with E-state index in [1.54, 1.807) is 0 Å². The highest BCUT2D eigenvalue weighted by Gasteiger charge is 2.31. The fourth-order valence-corrected chi connectivity index (χ4v) is 1.96. The Kier molecular flexibility index (Phi) is 5.68. The number of benzene rings is 1. The zero-order valence-electron chi connectivity index (χ0n) is 13.1. The molecule has 1 aromatic rings. The van der Waals surface area contributed by atoms with Gasteiger partial charge in [-0.1, -0.05) is 33.8 Å². The number of ether oxygens (including phenoxy) is 1. The number of hydrogen-bond donors (Lipinski definition) is 1. The van der Waals surface area contributed by atoms with E-state index >= 15 is 0 Å². The third-order valence-electron chi connectivity index (χ3n) is 3.39. The van der Waals surface area contributed by atoms with Gasteiger partial charge in [-0.25, -0.2) is 0 Å². The first-order chi connectivity index (χ1) is 9.51. The van der Waals surface area contributed by atoms with Crippen LogP contribution >= 0.6 is 0 Å². The van der Waals surface area contributed by atoms with E-state index < -0.39 is 6.36 Å². The van der Waals surface area contributed by atoms with E-state index in [1.807, 2.05) is 33.8 Å². The lowest BCUT2D eigenvalue weighted by Crippen LogP contribution is -2.19. The number of halogens is 3. The van der Waals surface area contributed by atoms with Crippen molar-refractivity contribution in [1.29, 1.82) is 0 Å². The van der Waals surface area contributed by atoms with Gasteiger partial charge in [0.2, 0.25) is 0 Å². The average Bonchev–Trinajstić information content (AvgIpc) is 2.32. The molecule has 0 saturated carbocycles. The summed E-state index contributed by atoms with van der Waals surface area (Å²) in [6, 6.07) is 4.88. The molecule has 0 amide bonds. The Hall–Kier alpha value is -1.23. The van der Waals surface area contributed by atoms with Crippen LogP contribution in [0, 0.1) is 5.92 Å². The molecule has 0 radical (unpaired) electrons. The Morgan fingerprint density at radius 1 is 1.14 bits per heavy atom. The molecule has 2 nitrogen and oxygen atoms in total. The number of nitrogens with two attached hydrogens (primary N) is 1. The molecule has 1 rings (SSSR count). The van der Waals surface area contributed by atoms with E-state index in [0.29, 0.717) is 18.9 Å². The van der Waals surface area contributed by atoms with Crippen LogP contribution in [0.2, 0.25) is 0 Å². The highest BCUT2D eigenvalue weighted by Crippen LogP contribution is 2.31. The second-order valence-corrected chi connectivity index (χ2v) is 6.54. The summed E-state index contributed by atoms with van der Waals surface area (Å²) in [5.74, 6) is 0.195. The summed E-state index contributed by atoms with van der Waals surface area (Å²) in [6.07, 6.45) is -3.13. The zero-order valence-corrected chi connectivity index (χ0v) is 13.1. The van der Waals surface area contributed by atoms with Crippen LogP contribution in [0.5, 0.6) is 5.75 Å². The third-order valence-corrected chi connectivity index (χ3v) is 3.39. The molecule has 0 saturated heterocycles. The number of rotatable bonds is 5. The largest absolute Gasteiger partial charge is 0.573 e. The fourth-order valence-electron chi connectivity index (χ4n) is 1.96. The van der Waals surface area contributed by atoms with Gasteiger partial charge in [0.15, 0.2) is 0 Å². The lowest BCUT2D eigenvalue weighted by molar-refractivity contribution is -0.274. The molecule has 2 N–H and O–H groups in total. The minimum absolute atomic E-state index is 0.148. The molecule has 21 heavy (non-hydrogen) atoms. The van der Waals surface area contributed by atoms with Crippen molar-refractivity contribution in [3.63, 3.8) is 0 Å². The Morgan fingerprint density at radius 2 is 1.76 bits per heavy atom. The molecule has 0 spiro atoms. The van der Waals surface area contributed by atoms with Crippen molar-refractivity contribution in [2.24, 2.45) is 11.7 Å². The molecular formula is C16H24F3NO. The number of alkyl halides is 3. The van der Waals surface area contributed by atoms with Crippen molar-refractivity contribution >= 4 is 0 Å². The first-order valence-corrected chi connectivity index (χ1v) is 7.11. The topological polar surface area (TPSA) is 35.2 Å². The SMILES string of the molecule is C[C@H](CN)CCc1cc(OC(F)(F)F)cc(C(C)(C)C)c1. The average molecular weight is 303 g/mol. The summed E-state index contributed by atoms with van der Waals surface area (Å²) in [6.45, 7) is 8.50. The molecule has 0 aliphatic carbocycles. The van der Waals surface area contributed by atoms with E-state index in [9.17, 15) is 13.2 Å². The van der Waals surface area contributed by atoms with E-state index in [4.69, 9.17) is 5.73 Å². The monoisotopic (exact) mass is 303 g/mol. The summed E-state index contributed by atoms with van der Waals surface area (Å²) in [5, 5.41) is 0.